The quantitative estimate of drug-likeness (QED) is 0.694. The number of carbonyl (C=O) groups excluding carboxylic acids is 1. The summed E-state index contributed by atoms with van der Waals surface area (Å²) in [6, 6.07) is 5.98. The van der Waals surface area contributed by atoms with Gasteiger partial charge < -0.3 is 15.0 Å². The lowest BCUT2D eigenvalue weighted by Crippen LogP contribution is -2.29. The molecule has 1 amide bonds. The first-order valence-electron chi connectivity index (χ1n) is 9.37. The van der Waals surface area contributed by atoms with Crippen LogP contribution in [-0.4, -0.2) is 28.7 Å². The van der Waals surface area contributed by atoms with Gasteiger partial charge in [0.2, 0.25) is 0 Å². The number of carbonyl (C=O) groups is 1. The van der Waals surface area contributed by atoms with E-state index in [1.807, 2.05) is 24.4 Å². The van der Waals surface area contributed by atoms with Gasteiger partial charge in [-0.15, -0.1) is 0 Å². The molecular formula is C20H27BrN2O2. The molecule has 0 aliphatic heterocycles. The first kappa shape index (κ1) is 18.5. The minimum atomic E-state index is 0.00361. The summed E-state index contributed by atoms with van der Waals surface area (Å²) in [4.78, 5) is 12.8. The Morgan fingerprint density at radius 3 is 2.72 bits per heavy atom. The number of aliphatic hydroxyl groups is 1. The number of hydrogen-bond acceptors (Lipinski definition) is 2. The molecule has 0 atom stereocenters. The normalized spacial score (nSPS) is 16.1. The van der Waals surface area contributed by atoms with Crippen LogP contribution in [-0.2, 0) is 6.54 Å². The van der Waals surface area contributed by atoms with Gasteiger partial charge >= 0.3 is 0 Å². The third-order valence-corrected chi connectivity index (χ3v) is 5.84. The van der Waals surface area contributed by atoms with E-state index in [0.717, 1.165) is 21.9 Å². The molecule has 0 radical (unpaired) electrons. The van der Waals surface area contributed by atoms with Crippen LogP contribution in [0.3, 0.4) is 0 Å². The Morgan fingerprint density at radius 2 is 2.00 bits per heavy atom. The Balaban J connectivity index is 1.78. The van der Waals surface area contributed by atoms with Gasteiger partial charge in [0.1, 0.15) is 0 Å². The largest absolute Gasteiger partial charge is 0.396 e. The maximum absolute atomic E-state index is 12.8. The van der Waals surface area contributed by atoms with Crippen molar-refractivity contribution in [2.75, 3.05) is 13.2 Å². The van der Waals surface area contributed by atoms with Gasteiger partial charge in [-0.25, -0.2) is 0 Å². The van der Waals surface area contributed by atoms with Crippen LogP contribution in [0.25, 0.3) is 10.9 Å². The summed E-state index contributed by atoms with van der Waals surface area (Å²) in [6.45, 7) is 1.63. The Labute approximate surface area is 157 Å². The molecular weight excluding hydrogens is 380 g/mol. The molecule has 1 aromatic heterocycles. The molecule has 2 N–H and O–H groups in total. The molecule has 1 aliphatic carbocycles. The fourth-order valence-electron chi connectivity index (χ4n) is 3.81. The Morgan fingerprint density at radius 1 is 1.24 bits per heavy atom. The van der Waals surface area contributed by atoms with E-state index in [4.69, 9.17) is 5.11 Å². The van der Waals surface area contributed by atoms with Crippen LogP contribution in [0.1, 0.15) is 55.3 Å². The summed E-state index contributed by atoms with van der Waals surface area (Å²) < 4.78 is 3.00. The highest BCUT2D eigenvalue weighted by atomic mass is 79.9. The number of rotatable bonds is 6. The van der Waals surface area contributed by atoms with E-state index in [1.165, 1.54) is 38.5 Å². The summed E-state index contributed by atoms with van der Waals surface area (Å²) in [5.74, 6) is 0.613. The van der Waals surface area contributed by atoms with Crippen molar-refractivity contribution < 1.29 is 9.90 Å². The third kappa shape index (κ3) is 4.45. The number of aryl methyl sites for hydroxylation is 1. The molecule has 0 saturated heterocycles. The van der Waals surface area contributed by atoms with Gasteiger partial charge in [0.05, 0.1) is 5.56 Å². The highest BCUT2D eigenvalue weighted by Crippen LogP contribution is 2.29. The molecule has 5 heteroatoms. The van der Waals surface area contributed by atoms with Crippen LogP contribution in [0.15, 0.2) is 28.9 Å². The van der Waals surface area contributed by atoms with Crippen LogP contribution in [0, 0.1) is 5.92 Å². The zero-order valence-corrected chi connectivity index (χ0v) is 16.2. The van der Waals surface area contributed by atoms with Gasteiger partial charge in [0.15, 0.2) is 0 Å². The fourth-order valence-corrected chi connectivity index (χ4v) is 4.38. The topological polar surface area (TPSA) is 54.3 Å². The number of benzene rings is 1. The van der Waals surface area contributed by atoms with Crippen molar-refractivity contribution >= 4 is 32.7 Å². The minimum absolute atomic E-state index is 0.00361. The van der Waals surface area contributed by atoms with Crippen LogP contribution >= 0.6 is 15.9 Å². The van der Waals surface area contributed by atoms with E-state index in [1.54, 1.807) is 0 Å². The van der Waals surface area contributed by atoms with Gasteiger partial charge in [-0.1, -0.05) is 47.7 Å². The van der Waals surface area contributed by atoms with E-state index in [9.17, 15) is 4.79 Å². The van der Waals surface area contributed by atoms with Crippen molar-refractivity contribution in [3.8, 4) is 0 Å². The van der Waals surface area contributed by atoms with Crippen molar-refractivity contribution in [1.82, 2.24) is 9.88 Å². The number of nitrogens with one attached hydrogen (secondary N) is 1. The predicted octanol–water partition coefficient (Wildman–Crippen LogP) is 4.49. The summed E-state index contributed by atoms with van der Waals surface area (Å²) in [7, 11) is 0. The number of amides is 1. The number of nitrogens with zero attached hydrogens (tertiary/aromatic N) is 1. The number of aromatic nitrogens is 1. The van der Waals surface area contributed by atoms with E-state index in [-0.39, 0.29) is 12.5 Å². The van der Waals surface area contributed by atoms with Crippen LogP contribution in [0.4, 0.5) is 0 Å². The second-order valence-corrected chi connectivity index (χ2v) is 7.87. The standard InChI is InChI=1S/C20H27BrN2O2/c21-17-9-5-10-18-19(17)16(14-23(18)11-6-12-24)20(25)22-13-15-7-3-1-2-4-8-15/h5,9-10,14-15,24H,1-4,6-8,11-13H2,(H,22,25). The van der Waals surface area contributed by atoms with E-state index >= 15 is 0 Å². The Hall–Kier alpha value is -1.33. The highest BCUT2D eigenvalue weighted by Gasteiger charge is 2.19. The molecule has 1 aromatic carbocycles. The molecule has 1 saturated carbocycles. The lowest BCUT2D eigenvalue weighted by Gasteiger charge is -2.14. The molecule has 2 aromatic rings. The maximum atomic E-state index is 12.8. The molecule has 136 valence electrons. The zero-order valence-electron chi connectivity index (χ0n) is 14.6. The second-order valence-electron chi connectivity index (χ2n) is 7.01. The smallest absolute Gasteiger partial charge is 0.253 e. The zero-order chi connectivity index (χ0) is 17.6. The third-order valence-electron chi connectivity index (χ3n) is 5.18. The molecule has 1 aliphatic rings. The lowest BCUT2D eigenvalue weighted by molar-refractivity contribution is 0.0947. The van der Waals surface area contributed by atoms with Gasteiger partial charge in [-0.3, -0.25) is 4.79 Å². The van der Waals surface area contributed by atoms with Crippen molar-refractivity contribution in [1.29, 1.82) is 0 Å². The van der Waals surface area contributed by atoms with E-state index in [2.05, 4.69) is 25.8 Å². The van der Waals surface area contributed by atoms with E-state index < -0.39 is 0 Å². The van der Waals surface area contributed by atoms with Gasteiger partial charge in [0, 0.05) is 41.3 Å². The molecule has 3 rings (SSSR count). The molecule has 1 heterocycles. The van der Waals surface area contributed by atoms with Crippen molar-refractivity contribution in [3.05, 3.63) is 34.4 Å². The lowest BCUT2D eigenvalue weighted by atomic mass is 10.0. The van der Waals surface area contributed by atoms with Crippen LogP contribution in [0.5, 0.6) is 0 Å². The minimum Gasteiger partial charge on any atom is -0.396 e. The van der Waals surface area contributed by atoms with Crippen molar-refractivity contribution in [2.24, 2.45) is 5.92 Å². The Bertz CT molecular complexity index is 718. The fraction of sp³-hybridized carbons (Fsp3) is 0.550. The average Bonchev–Trinajstić information content (AvgIpc) is 2.80. The summed E-state index contributed by atoms with van der Waals surface area (Å²) >= 11 is 3.59. The molecule has 0 spiro atoms. The van der Waals surface area contributed by atoms with Gasteiger partial charge in [-0.2, -0.15) is 0 Å². The maximum Gasteiger partial charge on any atom is 0.253 e. The van der Waals surface area contributed by atoms with Crippen LogP contribution < -0.4 is 5.32 Å². The van der Waals surface area contributed by atoms with Crippen molar-refractivity contribution in [2.45, 2.75) is 51.5 Å². The van der Waals surface area contributed by atoms with Crippen LogP contribution in [0.2, 0.25) is 0 Å². The predicted molar refractivity (Wildman–Crippen MR) is 105 cm³/mol. The first-order valence-corrected chi connectivity index (χ1v) is 10.2. The van der Waals surface area contributed by atoms with Gasteiger partial charge in [0.25, 0.3) is 5.91 Å². The molecule has 4 nitrogen and oxygen atoms in total. The molecule has 25 heavy (non-hydrogen) atoms. The summed E-state index contributed by atoms with van der Waals surface area (Å²) in [6.07, 6.45) is 10.3. The number of aliphatic hydroxyl groups excluding tert-OH is 1. The SMILES string of the molecule is O=C(NCC1CCCCCC1)c1cn(CCCO)c2cccc(Br)c12. The van der Waals surface area contributed by atoms with Gasteiger partial charge in [-0.05, 0) is 37.3 Å². The average molecular weight is 407 g/mol. The number of hydrogen-bond donors (Lipinski definition) is 2. The van der Waals surface area contributed by atoms with Crippen molar-refractivity contribution in [3.63, 3.8) is 0 Å². The van der Waals surface area contributed by atoms with E-state index in [0.29, 0.717) is 24.4 Å². The highest BCUT2D eigenvalue weighted by molar-refractivity contribution is 9.10. The summed E-state index contributed by atoms with van der Waals surface area (Å²) in [5.41, 5.74) is 1.75. The number of fused-ring (bicyclic) bond motifs is 1. The monoisotopic (exact) mass is 406 g/mol. The Kier molecular flexibility index (Phi) is 6.54. The molecule has 0 unspecified atom stereocenters. The summed E-state index contributed by atoms with van der Waals surface area (Å²) in [5, 5.41) is 13.2. The second kappa shape index (κ2) is 8.86. The molecule has 1 fully saturated rings. The first-order chi connectivity index (χ1) is 12.2. The number of halogens is 1. The molecule has 0 bridgehead atoms.